The Morgan fingerprint density at radius 2 is 1.88 bits per heavy atom. The van der Waals surface area contributed by atoms with E-state index < -0.39 is 5.60 Å². The van der Waals surface area contributed by atoms with E-state index in [0.717, 1.165) is 56.3 Å². The second-order valence-electron chi connectivity index (χ2n) is 9.75. The van der Waals surface area contributed by atoms with Crippen LogP contribution < -0.4 is 10.6 Å². The van der Waals surface area contributed by atoms with Gasteiger partial charge in [-0.1, -0.05) is 0 Å². The van der Waals surface area contributed by atoms with E-state index in [9.17, 15) is 4.79 Å². The molecule has 3 rings (SSSR count). The fourth-order valence-electron chi connectivity index (χ4n) is 4.42. The molecule has 2 bridgehead atoms. The smallest absolute Gasteiger partial charge is 0.410 e. The third-order valence-corrected chi connectivity index (χ3v) is 6.06. The van der Waals surface area contributed by atoms with Crippen LogP contribution in [-0.2, 0) is 23.1 Å². The van der Waals surface area contributed by atoms with Crippen molar-refractivity contribution in [3.63, 3.8) is 0 Å². The van der Waals surface area contributed by atoms with Gasteiger partial charge < -0.3 is 29.6 Å². The summed E-state index contributed by atoms with van der Waals surface area (Å²) >= 11 is 0. The van der Waals surface area contributed by atoms with E-state index in [0.29, 0.717) is 13.2 Å². The number of aryl methyl sites for hydroxylation is 1. The highest BCUT2D eigenvalue weighted by atomic mass is 127. The Labute approximate surface area is 214 Å². The van der Waals surface area contributed by atoms with E-state index in [2.05, 4.69) is 20.8 Å². The van der Waals surface area contributed by atoms with E-state index in [4.69, 9.17) is 14.5 Å². The monoisotopic (exact) mass is 577 g/mol. The molecule has 2 unspecified atom stereocenters. The van der Waals surface area contributed by atoms with Crippen LogP contribution in [-0.4, -0.2) is 75.7 Å². The number of amides is 1. The molecule has 0 aliphatic carbocycles. The van der Waals surface area contributed by atoms with Crippen LogP contribution in [0, 0.1) is 6.92 Å². The van der Waals surface area contributed by atoms with Crippen molar-refractivity contribution in [1.82, 2.24) is 30.3 Å². The summed E-state index contributed by atoms with van der Waals surface area (Å²) in [6.45, 7) is 9.58. The maximum atomic E-state index is 12.7. The standard InChI is InChI=1S/C22H39N7O3.HI/c1-15-26-27-19(28(15)5)14-24-20(23-10-7-11-31-6)25-16-12-17-8-9-18(13-16)29(17)21(30)32-22(2,3)4;/h16-18H,7-14H2,1-6H3,(H2,23,24,25);1H. The van der Waals surface area contributed by atoms with Crippen molar-refractivity contribution in [1.29, 1.82) is 0 Å². The molecule has 33 heavy (non-hydrogen) atoms. The minimum atomic E-state index is -0.476. The van der Waals surface area contributed by atoms with Crippen LogP contribution in [0.5, 0.6) is 0 Å². The summed E-state index contributed by atoms with van der Waals surface area (Å²) in [5.74, 6) is 2.45. The van der Waals surface area contributed by atoms with Gasteiger partial charge in [-0.25, -0.2) is 9.79 Å². The highest BCUT2D eigenvalue weighted by Gasteiger charge is 2.45. The van der Waals surface area contributed by atoms with Gasteiger partial charge >= 0.3 is 6.09 Å². The summed E-state index contributed by atoms with van der Waals surface area (Å²) in [6, 6.07) is 0.663. The third-order valence-electron chi connectivity index (χ3n) is 6.06. The highest BCUT2D eigenvalue weighted by molar-refractivity contribution is 14.0. The zero-order valence-electron chi connectivity index (χ0n) is 20.8. The van der Waals surface area contributed by atoms with Crippen LogP contribution in [0.4, 0.5) is 4.79 Å². The van der Waals surface area contributed by atoms with E-state index in [1.54, 1.807) is 7.11 Å². The first-order valence-electron chi connectivity index (χ1n) is 11.6. The normalized spacial score (nSPS) is 22.7. The molecule has 10 nitrogen and oxygen atoms in total. The van der Waals surface area contributed by atoms with E-state index in [1.165, 1.54) is 0 Å². The van der Waals surface area contributed by atoms with Gasteiger partial charge in [0.15, 0.2) is 11.8 Å². The Bertz CT molecular complexity index is 794. The Morgan fingerprint density at radius 3 is 2.42 bits per heavy atom. The molecule has 3 heterocycles. The average Bonchev–Trinajstić information content (AvgIpc) is 3.18. The number of guanidine groups is 1. The summed E-state index contributed by atoms with van der Waals surface area (Å²) in [6.07, 6.45) is 4.52. The Hall–Kier alpha value is -1.63. The van der Waals surface area contributed by atoms with Gasteiger partial charge in [0.2, 0.25) is 0 Å². The van der Waals surface area contributed by atoms with Gasteiger partial charge in [-0.05, 0) is 59.8 Å². The molecule has 2 atom stereocenters. The van der Waals surface area contributed by atoms with Gasteiger partial charge in [0, 0.05) is 45.4 Å². The molecular formula is C22H40IN7O3. The van der Waals surface area contributed by atoms with E-state index in [1.807, 2.05) is 44.2 Å². The zero-order chi connectivity index (χ0) is 23.3. The van der Waals surface area contributed by atoms with Crippen LogP contribution >= 0.6 is 24.0 Å². The quantitative estimate of drug-likeness (QED) is 0.222. The molecule has 2 fully saturated rings. The molecule has 0 aromatic carbocycles. The Balaban J connectivity index is 0.00000385. The number of hydrogen-bond donors (Lipinski definition) is 2. The van der Waals surface area contributed by atoms with Crippen molar-refractivity contribution in [3.05, 3.63) is 11.6 Å². The summed E-state index contributed by atoms with van der Waals surface area (Å²) in [4.78, 5) is 19.4. The van der Waals surface area contributed by atoms with Crippen LogP contribution in [0.1, 0.15) is 64.5 Å². The molecule has 0 saturated carbocycles. The molecule has 1 aromatic heterocycles. The first kappa shape index (κ1) is 27.6. The lowest BCUT2D eigenvalue weighted by atomic mass is 9.98. The van der Waals surface area contributed by atoms with Crippen LogP contribution in [0.2, 0.25) is 0 Å². The van der Waals surface area contributed by atoms with Gasteiger partial charge in [0.25, 0.3) is 0 Å². The van der Waals surface area contributed by atoms with Crippen molar-refractivity contribution in [2.75, 3.05) is 20.3 Å². The minimum absolute atomic E-state index is 0. The van der Waals surface area contributed by atoms with Crippen molar-refractivity contribution in [3.8, 4) is 0 Å². The van der Waals surface area contributed by atoms with Crippen molar-refractivity contribution in [2.24, 2.45) is 12.0 Å². The SMILES string of the molecule is COCCCNC(=NCc1nnc(C)n1C)NC1CC2CCC(C1)N2C(=O)OC(C)(C)C.I. The molecule has 1 aromatic rings. The van der Waals surface area contributed by atoms with Gasteiger partial charge in [0.1, 0.15) is 18.0 Å². The van der Waals surface area contributed by atoms with Gasteiger partial charge in [-0.15, -0.1) is 34.2 Å². The van der Waals surface area contributed by atoms with Crippen LogP contribution in [0.15, 0.2) is 4.99 Å². The number of halogens is 1. The third kappa shape index (κ3) is 7.69. The number of methoxy groups -OCH3 is 1. The molecule has 1 amide bonds. The number of rotatable bonds is 7. The zero-order valence-corrected chi connectivity index (χ0v) is 23.1. The van der Waals surface area contributed by atoms with Crippen molar-refractivity contribution in [2.45, 2.75) is 90.1 Å². The first-order valence-corrected chi connectivity index (χ1v) is 11.6. The van der Waals surface area contributed by atoms with Gasteiger partial charge in [0.05, 0.1) is 0 Å². The summed E-state index contributed by atoms with van der Waals surface area (Å²) in [5.41, 5.74) is -0.476. The predicted molar refractivity (Wildman–Crippen MR) is 138 cm³/mol. The second-order valence-corrected chi connectivity index (χ2v) is 9.75. The topological polar surface area (TPSA) is 106 Å². The molecule has 188 valence electrons. The molecule has 0 spiro atoms. The number of aliphatic imine (C=N–C) groups is 1. The fraction of sp³-hybridized carbons (Fsp3) is 0.818. The summed E-state index contributed by atoms with van der Waals surface area (Å²) in [5, 5.41) is 15.3. The second kappa shape index (κ2) is 12.2. The number of ether oxygens (including phenoxy) is 2. The molecule has 11 heteroatoms. The number of nitrogens with one attached hydrogen (secondary N) is 2. The molecule has 2 aliphatic heterocycles. The fourth-order valence-corrected chi connectivity index (χ4v) is 4.42. The van der Waals surface area contributed by atoms with Gasteiger partial charge in [-0.2, -0.15) is 0 Å². The summed E-state index contributed by atoms with van der Waals surface area (Å²) < 4.78 is 12.8. The Kier molecular flexibility index (Phi) is 10.2. The van der Waals surface area contributed by atoms with E-state index >= 15 is 0 Å². The maximum absolute atomic E-state index is 12.7. The number of piperidine rings is 1. The predicted octanol–water partition coefficient (Wildman–Crippen LogP) is 2.74. The molecule has 2 N–H and O–H groups in total. The lowest BCUT2D eigenvalue weighted by molar-refractivity contribution is 0.00545. The molecular weight excluding hydrogens is 537 g/mol. The number of aromatic nitrogens is 3. The maximum Gasteiger partial charge on any atom is 0.410 e. The van der Waals surface area contributed by atoms with Crippen LogP contribution in [0.25, 0.3) is 0 Å². The van der Waals surface area contributed by atoms with Crippen LogP contribution in [0.3, 0.4) is 0 Å². The lowest BCUT2D eigenvalue weighted by Gasteiger charge is -2.40. The number of nitrogens with zero attached hydrogens (tertiary/aromatic N) is 5. The number of hydrogen-bond acceptors (Lipinski definition) is 6. The first-order chi connectivity index (χ1) is 15.2. The largest absolute Gasteiger partial charge is 0.444 e. The summed E-state index contributed by atoms with van der Waals surface area (Å²) in [7, 11) is 3.65. The van der Waals surface area contributed by atoms with Crippen molar-refractivity contribution < 1.29 is 14.3 Å². The molecule has 2 saturated heterocycles. The highest BCUT2D eigenvalue weighted by Crippen LogP contribution is 2.36. The Morgan fingerprint density at radius 1 is 1.21 bits per heavy atom. The number of carbonyl (C=O) groups is 1. The minimum Gasteiger partial charge on any atom is -0.444 e. The van der Waals surface area contributed by atoms with E-state index in [-0.39, 0.29) is 48.2 Å². The van der Waals surface area contributed by atoms with Gasteiger partial charge in [-0.3, -0.25) is 0 Å². The number of carbonyl (C=O) groups excluding carboxylic acids is 1. The number of fused-ring (bicyclic) bond motifs is 2. The molecule has 2 aliphatic rings. The lowest BCUT2D eigenvalue weighted by Crippen LogP contribution is -2.55. The van der Waals surface area contributed by atoms with Crippen molar-refractivity contribution >= 4 is 36.0 Å². The molecule has 0 radical (unpaired) electrons. The average molecular weight is 578 g/mol.